The van der Waals surface area contributed by atoms with E-state index in [0.29, 0.717) is 13.0 Å². The molecule has 0 radical (unpaired) electrons. The first-order valence-electron chi connectivity index (χ1n) is 9.55. The molecule has 2 unspecified atom stereocenters. The van der Waals surface area contributed by atoms with Crippen LogP contribution in [-0.4, -0.2) is 42.5 Å². The van der Waals surface area contributed by atoms with Crippen LogP contribution >= 0.6 is 0 Å². The lowest BCUT2D eigenvalue weighted by atomic mass is 9.89. The lowest BCUT2D eigenvalue weighted by Gasteiger charge is -2.38. The predicted molar refractivity (Wildman–Crippen MR) is 97.6 cm³/mol. The van der Waals surface area contributed by atoms with Gasteiger partial charge in [0, 0.05) is 31.7 Å². The minimum atomic E-state index is -0.112. The Hall–Kier alpha value is -1.59. The summed E-state index contributed by atoms with van der Waals surface area (Å²) in [4.78, 5) is 12.3. The van der Waals surface area contributed by atoms with Crippen LogP contribution in [0.15, 0.2) is 30.3 Å². The van der Waals surface area contributed by atoms with Crippen LogP contribution in [0.2, 0.25) is 0 Å². The summed E-state index contributed by atoms with van der Waals surface area (Å²) < 4.78 is 6.03. The molecule has 1 saturated carbocycles. The summed E-state index contributed by atoms with van der Waals surface area (Å²) in [6, 6.07) is 10.1. The quantitative estimate of drug-likeness (QED) is 0.742. The number of amides is 2. The largest absolute Gasteiger partial charge is 0.396 e. The van der Waals surface area contributed by atoms with Gasteiger partial charge in [-0.1, -0.05) is 43.2 Å². The Morgan fingerprint density at radius 3 is 2.76 bits per heavy atom. The van der Waals surface area contributed by atoms with Gasteiger partial charge in [0.1, 0.15) is 0 Å². The van der Waals surface area contributed by atoms with Gasteiger partial charge in [0.05, 0.1) is 5.60 Å². The monoisotopic (exact) mass is 346 g/mol. The van der Waals surface area contributed by atoms with Crippen LogP contribution < -0.4 is 10.6 Å². The second-order valence-corrected chi connectivity index (χ2v) is 7.40. The SMILES string of the molecule is O=C(NCC(CCO)c1ccccc1)NC1CCOC2(CCCC2)C1. The first-order chi connectivity index (χ1) is 12.2. The number of hydrogen-bond acceptors (Lipinski definition) is 3. The fourth-order valence-electron chi connectivity index (χ4n) is 4.24. The van der Waals surface area contributed by atoms with Gasteiger partial charge in [0.2, 0.25) is 0 Å². The average molecular weight is 346 g/mol. The van der Waals surface area contributed by atoms with Crippen LogP contribution in [0.3, 0.4) is 0 Å². The molecule has 1 aromatic rings. The lowest BCUT2D eigenvalue weighted by Crippen LogP contribution is -2.50. The molecule has 3 N–H and O–H groups in total. The zero-order valence-corrected chi connectivity index (χ0v) is 14.9. The summed E-state index contributed by atoms with van der Waals surface area (Å²) in [7, 11) is 0. The molecule has 1 saturated heterocycles. The molecular formula is C20H30N2O3. The predicted octanol–water partition coefficient (Wildman–Crippen LogP) is 2.94. The highest BCUT2D eigenvalue weighted by Gasteiger charge is 2.40. The van der Waals surface area contributed by atoms with Crippen molar-refractivity contribution in [2.45, 2.75) is 62.5 Å². The van der Waals surface area contributed by atoms with E-state index in [2.05, 4.69) is 10.6 Å². The Balaban J connectivity index is 1.48. The number of carbonyl (C=O) groups is 1. The highest BCUT2D eigenvalue weighted by Crippen LogP contribution is 2.39. The molecule has 5 nitrogen and oxygen atoms in total. The number of benzene rings is 1. The molecular weight excluding hydrogens is 316 g/mol. The van der Waals surface area contributed by atoms with Crippen molar-refractivity contribution in [2.24, 2.45) is 0 Å². The molecule has 2 aliphatic rings. The number of carbonyl (C=O) groups excluding carboxylic acids is 1. The van der Waals surface area contributed by atoms with Gasteiger partial charge in [-0.2, -0.15) is 0 Å². The van der Waals surface area contributed by atoms with E-state index in [9.17, 15) is 9.90 Å². The highest BCUT2D eigenvalue weighted by molar-refractivity contribution is 5.74. The third-order valence-corrected chi connectivity index (χ3v) is 5.60. The normalized spacial score (nSPS) is 23.3. The van der Waals surface area contributed by atoms with E-state index in [1.54, 1.807) is 0 Å². The summed E-state index contributed by atoms with van der Waals surface area (Å²) in [5.74, 6) is 0.132. The second kappa shape index (κ2) is 8.68. The summed E-state index contributed by atoms with van der Waals surface area (Å²) in [6.07, 6.45) is 7.17. The van der Waals surface area contributed by atoms with Gasteiger partial charge in [-0.3, -0.25) is 0 Å². The minimum absolute atomic E-state index is 0.0136. The fraction of sp³-hybridized carbons (Fsp3) is 0.650. The molecule has 1 aromatic carbocycles. The van der Waals surface area contributed by atoms with Crippen molar-refractivity contribution in [3.8, 4) is 0 Å². The Morgan fingerprint density at radius 1 is 1.28 bits per heavy atom. The zero-order valence-electron chi connectivity index (χ0n) is 14.9. The molecule has 1 heterocycles. The number of ether oxygens (including phenoxy) is 1. The van der Waals surface area contributed by atoms with E-state index in [-0.39, 0.29) is 30.2 Å². The van der Waals surface area contributed by atoms with Crippen LogP contribution in [0, 0.1) is 0 Å². The summed E-state index contributed by atoms with van der Waals surface area (Å²) >= 11 is 0. The van der Waals surface area contributed by atoms with Crippen molar-refractivity contribution in [1.82, 2.24) is 10.6 Å². The Morgan fingerprint density at radius 2 is 2.04 bits per heavy atom. The maximum Gasteiger partial charge on any atom is 0.315 e. The molecule has 1 spiro atoms. The topological polar surface area (TPSA) is 70.6 Å². The van der Waals surface area contributed by atoms with Crippen LogP contribution in [-0.2, 0) is 4.74 Å². The van der Waals surface area contributed by atoms with E-state index < -0.39 is 0 Å². The van der Waals surface area contributed by atoms with E-state index in [4.69, 9.17) is 4.74 Å². The molecule has 138 valence electrons. The fourth-order valence-corrected chi connectivity index (χ4v) is 4.24. The molecule has 1 aliphatic carbocycles. The van der Waals surface area contributed by atoms with Gasteiger partial charge >= 0.3 is 6.03 Å². The number of rotatable bonds is 6. The third kappa shape index (κ3) is 4.95. The van der Waals surface area contributed by atoms with Crippen LogP contribution in [0.1, 0.15) is 56.4 Å². The van der Waals surface area contributed by atoms with E-state index in [1.807, 2.05) is 30.3 Å². The molecule has 1 aliphatic heterocycles. The van der Waals surface area contributed by atoms with Crippen molar-refractivity contribution >= 4 is 6.03 Å². The maximum atomic E-state index is 12.3. The number of aliphatic hydroxyl groups is 1. The molecule has 2 fully saturated rings. The smallest absolute Gasteiger partial charge is 0.315 e. The summed E-state index contributed by atoms with van der Waals surface area (Å²) in [5.41, 5.74) is 1.16. The second-order valence-electron chi connectivity index (χ2n) is 7.40. The van der Waals surface area contributed by atoms with Gasteiger partial charge in [0.25, 0.3) is 0 Å². The molecule has 25 heavy (non-hydrogen) atoms. The van der Waals surface area contributed by atoms with Crippen LogP contribution in [0.4, 0.5) is 4.79 Å². The highest BCUT2D eigenvalue weighted by atomic mass is 16.5. The van der Waals surface area contributed by atoms with Crippen molar-refractivity contribution in [2.75, 3.05) is 19.8 Å². The number of hydrogen-bond donors (Lipinski definition) is 3. The molecule has 3 rings (SSSR count). The molecule has 2 atom stereocenters. The Labute approximate surface area is 150 Å². The van der Waals surface area contributed by atoms with Gasteiger partial charge in [0.15, 0.2) is 0 Å². The van der Waals surface area contributed by atoms with Crippen molar-refractivity contribution in [1.29, 1.82) is 0 Å². The van der Waals surface area contributed by atoms with Crippen molar-refractivity contribution in [3.63, 3.8) is 0 Å². The molecule has 0 aromatic heterocycles. The number of urea groups is 1. The summed E-state index contributed by atoms with van der Waals surface area (Å²) in [5, 5.41) is 15.4. The maximum absolute atomic E-state index is 12.3. The minimum Gasteiger partial charge on any atom is -0.396 e. The van der Waals surface area contributed by atoms with Gasteiger partial charge in [-0.25, -0.2) is 4.79 Å². The first kappa shape index (κ1) is 18.2. The van der Waals surface area contributed by atoms with Crippen molar-refractivity contribution < 1.29 is 14.6 Å². The average Bonchev–Trinajstić information content (AvgIpc) is 3.07. The van der Waals surface area contributed by atoms with Crippen LogP contribution in [0.25, 0.3) is 0 Å². The standard InChI is InChI=1S/C20H30N2O3/c23-12-8-17(16-6-2-1-3-7-16)15-21-19(24)22-18-9-13-25-20(14-18)10-4-5-11-20/h1-3,6-7,17-18,23H,4-5,8-15H2,(H2,21,22,24). The number of nitrogens with one attached hydrogen (secondary N) is 2. The Kier molecular flexibility index (Phi) is 6.32. The lowest BCUT2D eigenvalue weighted by molar-refractivity contribution is -0.0820. The zero-order chi connectivity index (χ0) is 17.5. The van der Waals surface area contributed by atoms with E-state index in [0.717, 1.165) is 37.9 Å². The molecule has 0 bridgehead atoms. The van der Waals surface area contributed by atoms with Gasteiger partial charge in [-0.05, 0) is 37.7 Å². The van der Waals surface area contributed by atoms with E-state index >= 15 is 0 Å². The summed E-state index contributed by atoms with van der Waals surface area (Å²) in [6.45, 7) is 1.39. The van der Waals surface area contributed by atoms with E-state index in [1.165, 1.54) is 12.8 Å². The van der Waals surface area contributed by atoms with Gasteiger partial charge < -0.3 is 20.5 Å². The Bertz CT molecular complexity index is 543. The molecule has 5 heteroatoms. The van der Waals surface area contributed by atoms with Crippen molar-refractivity contribution in [3.05, 3.63) is 35.9 Å². The van der Waals surface area contributed by atoms with Gasteiger partial charge in [-0.15, -0.1) is 0 Å². The molecule has 2 amide bonds. The third-order valence-electron chi connectivity index (χ3n) is 5.60. The number of aliphatic hydroxyl groups excluding tert-OH is 1. The first-order valence-corrected chi connectivity index (χ1v) is 9.55. The van der Waals surface area contributed by atoms with Crippen LogP contribution in [0.5, 0.6) is 0 Å².